The minimum absolute atomic E-state index is 0.00535. The third-order valence-corrected chi connectivity index (χ3v) is 9.14. The van der Waals surface area contributed by atoms with E-state index in [1.807, 2.05) is 12.1 Å². The van der Waals surface area contributed by atoms with Crippen LogP contribution < -0.4 is 4.90 Å². The van der Waals surface area contributed by atoms with Crippen LogP contribution in [0.25, 0.3) is 0 Å². The van der Waals surface area contributed by atoms with Crippen LogP contribution in [0.3, 0.4) is 0 Å². The number of sulfonamides is 1. The van der Waals surface area contributed by atoms with Gasteiger partial charge in [0.2, 0.25) is 0 Å². The van der Waals surface area contributed by atoms with E-state index in [1.165, 1.54) is 11.3 Å². The van der Waals surface area contributed by atoms with Crippen molar-refractivity contribution < 1.29 is 18.3 Å². The number of phenolic OH excluding ortho intramolecular Hbond substituents is 1. The molecule has 0 amide bonds. The molecule has 1 aromatic carbocycles. The number of aromatic hydroxyl groups is 1. The van der Waals surface area contributed by atoms with Gasteiger partial charge < -0.3 is 14.7 Å². The molecule has 30 heavy (non-hydrogen) atoms. The third-order valence-electron chi connectivity index (χ3n) is 5.90. The fourth-order valence-corrected chi connectivity index (χ4v) is 6.83. The van der Waals surface area contributed by atoms with Crippen molar-refractivity contribution in [1.29, 1.82) is 0 Å². The predicted molar refractivity (Wildman–Crippen MR) is 119 cm³/mol. The van der Waals surface area contributed by atoms with Crippen molar-refractivity contribution in [2.45, 2.75) is 36.2 Å². The molecule has 2 saturated heterocycles. The number of hydrogen-bond acceptors (Lipinski definition) is 7. The fraction of sp³-hybridized carbons (Fsp3) is 0.524. The summed E-state index contributed by atoms with van der Waals surface area (Å²) in [7, 11) is -3.49. The zero-order chi connectivity index (χ0) is 21.3. The van der Waals surface area contributed by atoms with Gasteiger partial charge >= 0.3 is 0 Å². The number of hydrogen-bond donors (Lipinski definition) is 1. The number of thiophene rings is 1. The summed E-state index contributed by atoms with van der Waals surface area (Å²) >= 11 is 1.26. The van der Waals surface area contributed by atoms with Crippen molar-refractivity contribution >= 4 is 27.0 Å². The van der Waals surface area contributed by atoms with Crippen LogP contribution in [0.4, 0.5) is 5.69 Å². The first-order chi connectivity index (χ1) is 14.3. The van der Waals surface area contributed by atoms with Crippen molar-refractivity contribution in [2.75, 3.05) is 44.2 Å². The van der Waals surface area contributed by atoms with Crippen LogP contribution in [0.5, 0.6) is 5.75 Å². The minimum Gasteiger partial charge on any atom is -0.508 e. The van der Waals surface area contributed by atoms with Crippen LogP contribution in [-0.4, -0.2) is 80.2 Å². The second kappa shape index (κ2) is 8.84. The summed E-state index contributed by atoms with van der Waals surface area (Å²) in [6, 6.07) is 10.9. The second-order valence-electron chi connectivity index (χ2n) is 8.11. The van der Waals surface area contributed by atoms with Gasteiger partial charge in [0.1, 0.15) is 9.96 Å². The van der Waals surface area contributed by atoms with Crippen LogP contribution in [0.15, 0.2) is 46.0 Å². The molecule has 0 radical (unpaired) electrons. The summed E-state index contributed by atoms with van der Waals surface area (Å²) in [5.74, 6) is 0.227. The van der Waals surface area contributed by atoms with Crippen molar-refractivity contribution in [2.24, 2.45) is 0 Å². The maximum Gasteiger partial charge on any atom is 0.252 e. The van der Waals surface area contributed by atoms with Gasteiger partial charge in [-0.25, -0.2) is 8.42 Å². The Morgan fingerprint density at radius 2 is 1.90 bits per heavy atom. The number of benzene rings is 1. The molecule has 1 aromatic heterocycles. The van der Waals surface area contributed by atoms with E-state index in [2.05, 4.69) is 23.6 Å². The molecule has 4 rings (SSSR count). The zero-order valence-electron chi connectivity index (χ0n) is 17.3. The molecule has 164 valence electrons. The highest BCUT2D eigenvalue weighted by atomic mass is 32.2. The Morgan fingerprint density at radius 3 is 2.60 bits per heavy atom. The van der Waals surface area contributed by atoms with Crippen molar-refractivity contribution in [3.8, 4) is 5.75 Å². The standard InChI is InChI=1S/C21H29N3O4S2/c1-16-15-28-17(2)12-22(16)13-19-14-23(30(26,27)21-4-3-11-29-21)9-10-24(19)18-5-7-20(25)8-6-18/h3-8,11,16-17,19,25H,9-10,12-15H2,1-2H3/t16-,17-,19+/m1/s1. The Balaban J connectivity index is 1.59. The largest absolute Gasteiger partial charge is 0.508 e. The maximum atomic E-state index is 13.1. The fourth-order valence-electron chi connectivity index (χ4n) is 4.22. The summed E-state index contributed by atoms with van der Waals surface area (Å²) in [6.45, 7) is 7.97. The molecular formula is C21H29N3O4S2. The third kappa shape index (κ3) is 4.50. The monoisotopic (exact) mass is 451 g/mol. The Kier molecular flexibility index (Phi) is 6.36. The van der Waals surface area contributed by atoms with E-state index in [0.29, 0.717) is 30.5 Å². The summed E-state index contributed by atoms with van der Waals surface area (Å²) in [5.41, 5.74) is 1.000. The Morgan fingerprint density at radius 1 is 1.13 bits per heavy atom. The number of morpholine rings is 1. The summed E-state index contributed by atoms with van der Waals surface area (Å²) in [5, 5.41) is 11.5. The molecule has 9 heteroatoms. The van der Waals surface area contributed by atoms with Gasteiger partial charge in [0.15, 0.2) is 0 Å². The number of nitrogens with zero attached hydrogens (tertiary/aromatic N) is 3. The van der Waals surface area contributed by atoms with Crippen LogP contribution in [0, 0.1) is 0 Å². The molecule has 3 atom stereocenters. The van der Waals surface area contributed by atoms with E-state index < -0.39 is 10.0 Å². The Hall–Kier alpha value is -1.65. The number of anilines is 1. The van der Waals surface area contributed by atoms with Crippen LogP contribution in [0.1, 0.15) is 13.8 Å². The first-order valence-electron chi connectivity index (χ1n) is 10.3. The van der Waals surface area contributed by atoms with Gasteiger partial charge in [-0.1, -0.05) is 6.07 Å². The molecule has 0 saturated carbocycles. The van der Waals surface area contributed by atoms with Gasteiger partial charge in [0, 0.05) is 44.5 Å². The topological polar surface area (TPSA) is 73.3 Å². The lowest BCUT2D eigenvalue weighted by Gasteiger charge is -2.46. The first kappa shape index (κ1) is 21.6. The molecular weight excluding hydrogens is 422 g/mol. The van der Waals surface area contributed by atoms with E-state index >= 15 is 0 Å². The van der Waals surface area contributed by atoms with Crippen molar-refractivity contribution in [3.63, 3.8) is 0 Å². The Labute approximate surface area is 182 Å². The summed E-state index contributed by atoms with van der Waals surface area (Å²) < 4.78 is 34.1. The Bertz CT molecular complexity index is 934. The molecule has 0 bridgehead atoms. The van der Waals surface area contributed by atoms with Gasteiger partial charge in [-0.3, -0.25) is 4.90 Å². The van der Waals surface area contributed by atoms with E-state index in [1.54, 1.807) is 34.0 Å². The lowest BCUT2D eigenvalue weighted by atomic mass is 10.1. The number of rotatable bonds is 5. The van der Waals surface area contributed by atoms with Crippen molar-refractivity contribution in [1.82, 2.24) is 9.21 Å². The molecule has 2 aromatic rings. The van der Waals surface area contributed by atoms with Gasteiger partial charge in [-0.15, -0.1) is 11.3 Å². The lowest BCUT2D eigenvalue weighted by molar-refractivity contribution is -0.0519. The van der Waals surface area contributed by atoms with Crippen LogP contribution in [0.2, 0.25) is 0 Å². The molecule has 2 aliphatic rings. The van der Waals surface area contributed by atoms with Crippen molar-refractivity contribution in [3.05, 3.63) is 41.8 Å². The van der Waals surface area contributed by atoms with Gasteiger partial charge in [0.25, 0.3) is 10.0 Å². The zero-order valence-corrected chi connectivity index (χ0v) is 19.0. The smallest absolute Gasteiger partial charge is 0.252 e. The van der Waals surface area contributed by atoms with E-state index in [4.69, 9.17) is 4.74 Å². The highest BCUT2D eigenvalue weighted by molar-refractivity contribution is 7.91. The molecule has 0 aliphatic carbocycles. The summed E-state index contributed by atoms with van der Waals surface area (Å²) in [6.07, 6.45) is 0.165. The molecule has 2 fully saturated rings. The molecule has 1 N–H and O–H groups in total. The number of piperazine rings is 1. The van der Waals surface area contributed by atoms with E-state index in [-0.39, 0.29) is 23.9 Å². The average Bonchev–Trinajstić information content (AvgIpc) is 3.27. The normalized spacial score (nSPS) is 26.7. The molecule has 3 heterocycles. The molecule has 2 aliphatic heterocycles. The molecule has 0 spiro atoms. The minimum atomic E-state index is -3.49. The molecule has 0 unspecified atom stereocenters. The number of phenols is 1. The average molecular weight is 452 g/mol. The number of ether oxygens (including phenoxy) is 1. The first-order valence-corrected chi connectivity index (χ1v) is 12.6. The van der Waals surface area contributed by atoms with E-state index in [0.717, 1.165) is 18.8 Å². The van der Waals surface area contributed by atoms with Gasteiger partial charge in [0.05, 0.1) is 18.8 Å². The SMILES string of the molecule is C[C@@H]1CN(C[C@H]2CN(S(=O)(=O)c3cccs3)CCN2c2ccc(O)cc2)[C@H](C)CO1. The summed E-state index contributed by atoms with van der Waals surface area (Å²) in [4.78, 5) is 4.67. The van der Waals surface area contributed by atoms with E-state index in [9.17, 15) is 13.5 Å². The maximum absolute atomic E-state index is 13.1. The van der Waals surface area contributed by atoms with Crippen LogP contribution in [-0.2, 0) is 14.8 Å². The highest BCUT2D eigenvalue weighted by Gasteiger charge is 2.37. The van der Waals surface area contributed by atoms with Crippen LogP contribution >= 0.6 is 11.3 Å². The quantitative estimate of drug-likeness (QED) is 0.753. The molecule has 7 nitrogen and oxygen atoms in total. The predicted octanol–water partition coefficient (Wildman–Crippen LogP) is 2.44. The van der Waals surface area contributed by atoms with Gasteiger partial charge in [-0.2, -0.15) is 4.31 Å². The van der Waals surface area contributed by atoms with Gasteiger partial charge in [-0.05, 0) is 49.6 Å². The highest BCUT2D eigenvalue weighted by Crippen LogP contribution is 2.28. The lowest BCUT2D eigenvalue weighted by Crippen LogP contribution is -2.60. The second-order valence-corrected chi connectivity index (χ2v) is 11.2.